The quantitative estimate of drug-likeness (QED) is 0.0391. The normalized spacial score (nSPS) is 17.1. The van der Waals surface area contributed by atoms with Crippen molar-refractivity contribution >= 4 is 143 Å². The van der Waals surface area contributed by atoms with Gasteiger partial charge >= 0.3 is 18.0 Å². The molecule has 0 spiro atoms. The van der Waals surface area contributed by atoms with Crippen LogP contribution in [0.1, 0.15) is 129 Å². The number of aryl methyl sites for hydroxylation is 1. The summed E-state index contributed by atoms with van der Waals surface area (Å²) in [5.74, 6) is -3.93. The van der Waals surface area contributed by atoms with Gasteiger partial charge in [-0.3, -0.25) is 43.8 Å². The molecule has 7 amide bonds. The van der Waals surface area contributed by atoms with Gasteiger partial charge in [0.1, 0.15) is 65.8 Å². The first-order chi connectivity index (χ1) is 43.4. The van der Waals surface area contributed by atoms with Crippen molar-refractivity contribution in [2.75, 3.05) is 64.8 Å². The van der Waals surface area contributed by atoms with Crippen molar-refractivity contribution in [2.45, 2.75) is 70.2 Å². The molecule has 1 saturated heterocycles. The lowest BCUT2D eigenvalue weighted by molar-refractivity contribution is -0.147. The van der Waals surface area contributed by atoms with Crippen molar-refractivity contribution in [1.82, 2.24) is 56.1 Å². The van der Waals surface area contributed by atoms with E-state index in [0.29, 0.717) is 102 Å². The zero-order valence-electron chi connectivity index (χ0n) is 49.2. The van der Waals surface area contributed by atoms with Crippen LogP contribution in [0.5, 0.6) is 0 Å². The lowest BCUT2D eigenvalue weighted by Crippen LogP contribution is -2.48. The third-order valence-corrected chi connectivity index (χ3v) is 19.8. The number of esters is 2. The van der Waals surface area contributed by atoms with E-state index in [1.54, 1.807) is 70.4 Å². The van der Waals surface area contributed by atoms with Crippen LogP contribution in [0.4, 0.5) is 15.7 Å². The summed E-state index contributed by atoms with van der Waals surface area (Å²) in [5.41, 5.74) is 8.86. The van der Waals surface area contributed by atoms with E-state index < -0.39 is 54.3 Å². The number of benzene rings is 1. The van der Waals surface area contributed by atoms with Gasteiger partial charge in [0.05, 0.1) is 62.0 Å². The zero-order chi connectivity index (χ0) is 64.2. The number of methoxy groups -OCH3 is 3. The Bertz CT molecular complexity index is 3880. The van der Waals surface area contributed by atoms with Gasteiger partial charge in [-0.05, 0) is 50.3 Å². The average Bonchev–Trinajstić information content (AvgIpc) is 1.91. The van der Waals surface area contributed by atoms with Crippen LogP contribution >= 0.6 is 68.0 Å². The van der Waals surface area contributed by atoms with Crippen LogP contribution in [0.3, 0.4) is 0 Å². The SMILES string of the molecule is C=C1/C(=C\C=C(/N)c2nc(N(CCCCC(=O)OC)C(=O)N3CCC(C(=O)OC)CC3)cs2)c2nc(cs2)C(=O)N[C@@H](CC(=O)NC)c2nc(c(C)s2)C(=O)Nc2nc(c(COC)s2)C(=O)NCC(=O)N[C@@H]([C@@H](O)c2ccccc2)c2nc(cs2)-c2nc1cs2. The Morgan fingerprint density at radius 1 is 0.833 bits per heavy atom. The van der Waals surface area contributed by atoms with E-state index in [0.717, 1.165) is 34.0 Å². The largest absolute Gasteiger partial charge is 0.469 e. The van der Waals surface area contributed by atoms with E-state index in [2.05, 4.69) is 43.1 Å². The molecule has 1 aromatic carbocycles. The minimum atomic E-state index is -1.29. The Morgan fingerprint density at radius 2 is 1.57 bits per heavy atom. The number of ether oxygens (including phenoxy) is 3. The highest BCUT2D eigenvalue weighted by Crippen LogP contribution is 2.39. The van der Waals surface area contributed by atoms with Gasteiger partial charge in [0, 0.05) is 77.8 Å². The highest BCUT2D eigenvalue weighted by molar-refractivity contribution is 7.16. The maximum Gasteiger partial charge on any atom is 0.325 e. The number of unbranched alkanes of at least 4 members (excludes halogenated alkanes) is 1. The van der Waals surface area contributed by atoms with Crippen molar-refractivity contribution in [3.05, 3.63) is 129 Å². The first-order valence-electron chi connectivity index (χ1n) is 27.9. The number of hydrogen-bond acceptors (Lipinski definition) is 25. The number of nitrogens with one attached hydrogen (secondary N) is 5. The molecule has 2 aliphatic rings. The van der Waals surface area contributed by atoms with E-state index >= 15 is 0 Å². The van der Waals surface area contributed by atoms with Crippen molar-refractivity contribution < 1.29 is 57.7 Å². The molecule has 0 radical (unpaired) electrons. The van der Waals surface area contributed by atoms with Crippen LogP contribution in [0, 0.1) is 12.8 Å². The summed E-state index contributed by atoms with van der Waals surface area (Å²) in [6, 6.07) is 6.22. The molecular weight excluding hydrogens is 1280 g/mol. The van der Waals surface area contributed by atoms with Crippen LogP contribution in [0.2, 0.25) is 0 Å². The number of thiazole rings is 6. The lowest BCUT2D eigenvalue weighted by Gasteiger charge is -2.34. The molecule has 10 bridgehead atoms. The molecule has 6 aromatic heterocycles. The molecule has 8 N–H and O–H groups in total. The number of carbonyl (C=O) groups is 8. The monoisotopic (exact) mass is 1340 g/mol. The molecule has 0 saturated carbocycles. The first kappa shape index (κ1) is 65.9. The fraction of sp³-hybridized carbons (Fsp3) is 0.345. The summed E-state index contributed by atoms with van der Waals surface area (Å²) < 4.78 is 15.1. The molecule has 472 valence electrons. The smallest absolute Gasteiger partial charge is 0.325 e. The number of aromatic nitrogens is 6. The molecule has 0 unspecified atom stereocenters. The number of anilines is 2. The van der Waals surface area contributed by atoms with Crippen molar-refractivity contribution in [3.63, 3.8) is 0 Å². The fourth-order valence-corrected chi connectivity index (χ4v) is 14.7. The molecule has 0 aliphatic carbocycles. The number of urea groups is 1. The van der Waals surface area contributed by atoms with Crippen molar-refractivity contribution in [1.29, 1.82) is 0 Å². The fourth-order valence-electron chi connectivity index (χ4n) is 9.41. The summed E-state index contributed by atoms with van der Waals surface area (Å²) in [6.07, 6.45) is 3.60. The van der Waals surface area contributed by atoms with E-state index in [1.807, 2.05) is 0 Å². The third-order valence-electron chi connectivity index (χ3n) is 14.2. The molecule has 2 aliphatic heterocycles. The maximum absolute atomic E-state index is 14.4. The number of rotatable bonds is 15. The van der Waals surface area contributed by atoms with Gasteiger partial charge in [0.25, 0.3) is 17.7 Å². The molecule has 7 aromatic rings. The number of fused-ring (bicyclic) bond motifs is 11. The number of allylic oxidation sites excluding steroid dienone is 4. The standard InChI is InChI=1S/C58H62N14O12S6/c1-29-33(15-16-34(59)52-66-40(28-88-52)72(19-11-10-14-43(75)83-5)58(81)71-20-17-32(18-21-71)56(80)84-6)51-64-37(26-85-51)48(77)62-35(22-41(73)60-3)54-68-44(30(2)89-54)50(79)70-57-69-45(39(90-57)24-82-4)49(78)61-23-42(74)67-46(47(76)31-12-8-7-9-13-31)55-65-38(27-87-55)53-63-36(29)25-86-53/h7-9,12-13,15-16,25-28,32,35,46-47,76H,1,10-11,14,17-24,59H2,2-6H3,(H,60,73)(H,61,78)(H,62,77)(H,67,74)(H,69,70,79)/b33-15+,34-16-/t35-,46-,47-/m0/s1. The second-order valence-corrected chi connectivity index (χ2v) is 26.0. The van der Waals surface area contributed by atoms with Crippen LogP contribution in [-0.4, -0.2) is 142 Å². The van der Waals surface area contributed by atoms with E-state index in [4.69, 9.17) is 39.9 Å². The number of aliphatic hydroxyl groups excluding tert-OH is 1. The zero-order valence-corrected chi connectivity index (χ0v) is 54.1. The summed E-state index contributed by atoms with van der Waals surface area (Å²) >= 11 is 6.77. The van der Waals surface area contributed by atoms with Gasteiger partial charge in [-0.1, -0.05) is 48.2 Å². The minimum absolute atomic E-state index is 0.0199. The number of piperidine rings is 1. The molecule has 26 nitrogen and oxygen atoms in total. The Hall–Kier alpha value is -8.50. The molecule has 3 atom stereocenters. The molecule has 1 fully saturated rings. The predicted octanol–water partition coefficient (Wildman–Crippen LogP) is 7.29. The lowest BCUT2D eigenvalue weighted by atomic mass is 9.97. The van der Waals surface area contributed by atoms with E-state index in [1.165, 1.54) is 72.7 Å². The Morgan fingerprint density at radius 3 is 2.30 bits per heavy atom. The second kappa shape index (κ2) is 30.3. The summed E-state index contributed by atoms with van der Waals surface area (Å²) in [5, 5.41) is 33.9. The third kappa shape index (κ3) is 15.9. The van der Waals surface area contributed by atoms with Gasteiger partial charge in [-0.2, -0.15) is 0 Å². The van der Waals surface area contributed by atoms with Gasteiger partial charge in [-0.15, -0.1) is 56.7 Å². The minimum Gasteiger partial charge on any atom is -0.469 e. The first-order valence-corrected chi connectivity index (χ1v) is 33.0. The number of carbonyl (C=O) groups excluding carboxylic acids is 8. The van der Waals surface area contributed by atoms with Gasteiger partial charge in [-0.25, -0.2) is 34.7 Å². The molecule has 90 heavy (non-hydrogen) atoms. The summed E-state index contributed by atoms with van der Waals surface area (Å²) in [6.45, 7) is 6.34. The van der Waals surface area contributed by atoms with Gasteiger partial charge < -0.3 is 51.2 Å². The number of nitrogens with zero attached hydrogens (tertiary/aromatic N) is 8. The van der Waals surface area contributed by atoms with E-state index in [-0.39, 0.29) is 82.8 Å². The van der Waals surface area contributed by atoms with Crippen LogP contribution in [0.15, 0.2) is 70.6 Å². The Balaban J connectivity index is 1.08. The van der Waals surface area contributed by atoms with Crippen molar-refractivity contribution in [3.8, 4) is 10.7 Å². The highest BCUT2D eigenvalue weighted by atomic mass is 32.1. The maximum atomic E-state index is 14.4. The highest BCUT2D eigenvalue weighted by Gasteiger charge is 2.34. The summed E-state index contributed by atoms with van der Waals surface area (Å²) in [4.78, 5) is 140. The van der Waals surface area contributed by atoms with Crippen LogP contribution < -0.4 is 37.2 Å². The predicted molar refractivity (Wildman–Crippen MR) is 343 cm³/mol. The average molecular weight is 1340 g/mol. The second-order valence-electron chi connectivity index (χ2n) is 20.2. The number of likely N-dealkylation sites (tertiary alicyclic amines) is 1. The number of aliphatic hydroxyl groups is 1. The van der Waals surface area contributed by atoms with Crippen LogP contribution in [0.25, 0.3) is 27.5 Å². The van der Waals surface area contributed by atoms with Gasteiger partial charge in [0.2, 0.25) is 11.8 Å². The molecule has 32 heteroatoms. The Kier molecular flexibility index (Phi) is 22.2. The van der Waals surface area contributed by atoms with Gasteiger partial charge in [0.15, 0.2) is 5.13 Å². The molecule has 8 heterocycles. The van der Waals surface area contributed by atoms with Crippen molar-refractivity contribution in [2.24, 2.45) is 11.7 Å². The molecule has 9 rings (SSSR count). The van der Waals surface area contributed by atoms with Crippen LogP contribution in [-0.2, 0) is 40.0 Å². The topological polar surface area (TPSA) is 354 Å². The number of nitrogens with two attached hydrogens (primary N) is 1. The Labute approximate surface area is 539 Å². The number of amides is 7. The summed E-state index contributed by atoms with van der Waals surface area (Å²) in [7, 11) is 5.52. The van der Waals surface area contributed by atoms with E-state index in [9.17, 15) is 43.5 Å². The molecular formula is C58H62N14O12S6. The number of hydrogen-bond donors (Lipinski definition) is 7.